The summed E-state index contributed by atoms with van der Waals surface area (Å²) in [7, 11) is 0. The molecule has 0 N–H and O–H groups in total. The summed E-state index contributed by atoms with van der Waals surface area (Å²) in [4.78, 5) is 19.7. The summed E-state index contributed by atoms with van der Waals surface area (Å²) in [5, 5.41) is 14.3. The van der Waals surface area contributed by atoms with Gasteiger partial charge in [-0.2, -0.15) is 0 Å². The van der Waals surface area contributed by atoms with E-state index in [4.69, 9.17) is 0 Å². The molecule has 1 atom stereocenters. The third-order valence-electron chi connectivity index (χ3n) is 4.09. The van der Waals surface area contributed by atoms with Crippen molar-refractivity contribution in [3.05, 3.63) is 51.0 Å². The molecule has 3 rings (SSSR count). The van der Waals surface area contributed by atoms with Crippen molar-refractivity contribution >= 4 is 22.7 Å². The van der Waals surface area contributed by atoms with Gasteiger partial charge in [0.25, 0.3) is 5.69 Å². The smallest absolute Gasteiger partial charge is 0.292 e. The number of hydrogen-bond donors (Lipinski definition) is 0. The molecule has 2 heterocycles. The van der Waals surface area contributed by atoms with E-state index in [2.05, 4.69) is 21.7 Å². The summed E-state index contributed by atoms with van der Waals surface area (Å²) in [6, 6.07) is 7.26. The lowest BCUT2D eigenvalue weighted by Gasteiger charge is -2.38. The molecule has 2 aromatic rings. The Kier molecular flexibility index (Phi) is 4.35. The molecule has 0 aliphatic carbocycles. The van der Waals surface area contributed by atoms with E-state index in [1.807, 2.05) is 23.7 Å². The molecule has 1 aliphatic heterocycles. The maximum Gasteiger partial charge on any atom is 0.292 e. The highest BCUT2D eigenvalue weighted by atomic mass is 32.1. The van der Waals surface area contributed by atoms with Crippen LogP contribution in [0.4, 0.5) is 11.4 Å². The second kappa shape index (κ2) is 6.41. The van der Waals surface area contributed by atoms with Gasteiger partial charge in [0.2, 0.25) is 0 Å². The Labute approximate surface area is 133 Å². The van der Waals surface area contributed by atoms with Crippen molar-refractivity contribution in [2.75, 3.05) is 31.1 Å². The minimum atomic E-state index is -0.306. The summed E-state index contributed by atoms with van der Waals surface area (Å²) in [6.45, 7) is 5.51. The van der Waals surface area contributed by atoms with Crippen molar-refractivity contribution in [3.63, 3.8) is 0 Å². The fourth-order valence-corrected chi connectivity index (χ4v) is 3.56. The van der Waals surface area contributed by atoms with Crippen molar-refractivity contribution in [1.29, 1.82) is 0 Å². The molecule has 116 valence electrons. The van der Waals surface area contributed by atoms with E-state index in [9.17, 15) is 10.1 Å². The number of anilines is 1. The highest BCUT2D eigenvalue weighted by molar-refractivity contribution is 7.09. The van der Waals surface area contributed by atoms with Crippen molar-refractivity contribution in [2.24, 2.45) is 0 Å². The minimum absolute atomic E-state index is 0.184. The molecule has 6 nitrogen and oxygen atoms in total. The van der Waals surface area contributed by atoms with Gasteiger partial charge in [0.1, 0.15) is 10.7 Å². The highest BCUT2D eigenvalue weighted by Gasteiger charge is 2.26. The van der Waals surface area contributed by atoms with Gasteiger partial charge < -0.3 is 4.90 Å². The van der Waals surface area contributed by atoms with Crippen LogP contribution in [0.1, 0.15) is 18.0 Å². The Morgan fingerprint density at radius 1 is 1.27 bits per heavy atom. The maximum absolute atomic E-state index is 11.2. The van der Waals surface area contributed by atoms with Crippen LogP contribution in [0.3, 0.4) is 0 Å². The van der Waals surface area contributed by atoms with Crippen molar-refractivity contribution in [2.45, 2.75) is 13.0 Å². The fourth-order valence-electron chi connectivity index (χ4n) is 2.83. The van der Waals surface area contributed by atoms with Crippen LogP contribution in [0, 0.1) is 10.1 Å². The lowest BCUT2D eigenvalue weighted by Crippen LogP contribution is -2.47. The number of para-hydroxylation sites is 2. The zero-order valence-corrected chi connectivity index (χ0v) is 13.2. The zero-order valence-electron chi connectivity index (χ0n) is 12.4. The van der Waals surface area contributed by atoms with Crippen LogP contribution in [0.2, 0.25) is 0 Å². The molecule has 0 spiro atoms. The SMILES string of the molecule is CC(c1nccs1)N1CCN(c2ccccc2[N+](=O)[O-])CC1. The first-order valence-electron chi connectivity index (χ1n) is 7.28. The first-order valence-corrected chi connectivity index (χ1v) is 8.16. The van der Waals surface area contributed by atoms with E-state index >= 15 is 0 Å². The van der Waals surface area contributed by atoms with E-state index in [0.717, 1.165) is 31.2 Å². The average molecular weight is 318 g/mol. The number of rotatable bonds is 4. The predicted octanol–water partition coefficient (Wildman–Crippen LogP) is 2.93. The number of aromatic nitrogens is 1. The lowest BCUT2D eigenvalue weighted by molar-refractivity contribution is -0.384. The van der Waals surface area contributed by atoms with Crippen LogP contribution < -0.4 is 4.90 Å². The molecule has 7 heteroatoms. The first kappa shape index (κ1) is 14.9. The van der Waals surface area contributed by atoms with E-state index in [-0.39, 0.29) is 10.6 Å². The molecule has 1 fully saturated rings. The number of nitro benzene ring substituents is 1. The fraction of sp³-hybridized carbons (Fsp3) is 0.400. The monoisotopic (exact) mass is 318 g/mol. The van der Waals surface area contributed by atoms with Gasteiger partial charge in [0.05, 0.1) is 11.0 Å². The predicted molar refractivity (Wildman–Crippen MR) is 87.4 cm³/mol. The second-order valence-corrected chi connectivity index (χ2v) is 6.24. The van der Waals surface area contributed by atoms with E-state index in [1.165, 1.54) is 0 Å². The summed E-state index contributed by atoms with van der Waals surface area (Å²) in [5.41, 5.74) is 0.901. The molecule has 0 saturated carbocycles. The first-order chi connectivity index (χ1) is 10.7. The minimum Gasteiger partial charge on any atom is -0.363 e. The van der Waals surface area contributed by atoms with Gasteiger partial charge in [-0.05, 0) is 13.0 Å². The van der Waals surface area contributed by atoms with Gasteiger partial charge in [0, 0.05) is 43.8 Å². The highest BCUT2D eigenvalue weighted by Crippen LogP contribution is 2.30. The van der Waals surface area contributed by atoms with Crippen LogP contribution in [0.15, 0.2) is 35.8 Å². The Morgan fingerprint density at radius 2 is 2.00 bits per heavy atom. The van der Waals surface area contributed by atoms with Gasteiger partial charge in [-0.25, -0.2) is 4.98 Å². The number of nitro groups is 1. The Hall–Kier alpha value is -1.99. The van der Waals surface area contributed by atoms with Crippen molar-refractivity contribution in [3.8, 4) is 0 Å². The standard InChI is InChI=1S/C15H18N4O2S/c1-12(15-16-6-11-22-15)17-7-9-18(10-8-17)13-4-2-3-5-14(13)19(20)21/h2-6,11-12H,7-10H2,1H3. The zero-order chi connectivity index (χ0) is 15.5. The molecule has 22 heavy (non-hydrogen) atoms. The molecule has 0 radical (unpaired) electrons. The van der Waals surface area contributed by atoms with Crippen molar-refractivity contribution < 1.29 is 4.92 Å². The number of hydrogen-bond acceptors (Lipinski definition) is 6. The van der Waals surface area contributed by atoms with E-state index in [1.54, 1.807) is 23.5 Å². The quantitative estimate of drug-likeness (QED) is 0.640. The third kappa shape index (κ3) is 2.95. The van der Waals surface area contributed by atoms with Gasteiger partial charge in [-0.3, -0.25) is 15.0 Å². The van der Waals surface area contributed by atoms with Gasteiger partial charge in [0.15, 0.2) is 0 Å². The maximum atomic E-state index is 11.2. The molecular weight excluding hydrogens is 300 g/mol. The summed E-state index contributed by atoms with van der Waals surface area (Å²) >= 11 is 1.67. The lowest BCUT2D eigenvalue weighted by atomic mass is 10.2. The topological polar surface area (TPSA) is 62.5 Å². The Bertz CT molecular complexity index is 639. The molecule has 1 aromatic heterocycles. The number of nitrogens with zero attached hydrogens (tertiary/aromatic N) is 4. The van der Waals surface area contributed by atoms with Crippen LogP contribution in [0.25, 0.3) is 0 Å². The summed E-state index contributed by atoms with van der Waals surface area (Å²) in [6.07, 6.45) is 1.83. The Balaban J connectivity index is 1.68. The van der Waals surface area contributed by atoms with E-state index in [0.29, 0.717) is 11.7 Å². The number of thiazole rings is 1. The third-order valence-corrected chi connectivity index (χ3v) is 5.04. The molecule has 1 aromatic carbocycles. The second-order valence-electron chi connectivity index (χ2n) is 5.32. The van der Waals surface area contributed by atoms with Gasteiger partial charge in [-0.15, -0.1) is 11.3 Å². The van der Waals surface area contributed by atoms with Crippen LogP contribution in [-0.4, -0.2) is 41.0 Å². The van der Waals surface area contributed by atoms with Gasteiger partial charge in [-0.1, -0.05) is 12.1 Å². The summed E-state index contributed by atoms with van der Waals surface area (Å²) < 4.78 is 0. The molecular formula is C15H18N4O2S. The van der Waals surface area contributed by atoms with Crippen LogP contribution in [0.5, 0.6) is 0 Å². The Morgan fingerprint density at radius 3 is 2.64 bits per heavy atom. The average Bonchev–Trinajstić information content (AvgIpc) is 3.09. The van der Waals surface area contributed by atoms with Gasteiger partial charge >= 0.3 is 0 Å². The number of benzene rings is 1. The van der Waals surface area contributed by atoms with Crippen LogP contribution in [-0.2, 0) is 0 Å². The molecule has 1 unspecified atom stereocenters. The summed E-state index contributed by atoms with van der Waals surface area (Å²) in [5.74, 6) is 0. The molecule has 1 saturated heterocycles. The molecule has 1 aliphatic rings. The number of piperazine rings is 1. The normalized spacial score (nSPS) is 17.4. The van der Waals surface area contributed by atoms with E-state index < -0.39 is 0 Å². The molecule has 0 amide bonds. The molecule has 0 bridgehead atoms. The van der Waals surface area contributed by atoms with Crippen molar-refractivity contribution in [1.82, 2.24) is 9.88 Å². The van der Waals surface area contributed by atoms with Crippen LogP contribution >= 0.6 is 11.3 Å². The largest absolute Gasteiger partial charge is 0.363 e.